The van der Waals surface area contributed by atoms with Crippen LogP contribution < -0.4 is 5.32 Å². The molecular formula is C26H28N8O. The zero-order chi connectivity index (χ0) is 24.4. The number of piperidine rings is 1. The number of phenolic OH excluding ortho intramolecular Hbond substituents is 1. The van der Waals surface area contributed by atoms with E-state index in [2.05, 4.69) is 58.5 Å². The Bertz CT molecular complexity index is 1550. The first-order chi connectivity index (χ1) is 16.7. The number of nitrogens with one attached hydrogen (secondary N) is 1. The number of aromatic hydroxyl groups is 1. The molecule has 0 spiro atoms. The molecule has 0 atom stereocenters. The molecule has 6 rings (SSSR count). The predicted molar refractivity (Wildman–Crippen MR) is 134 cm³/mol. The topological polar surface area (TPSA) is 106 Å². The summed E-state index contributed by atoms with van der Waals surface area (Å²) in [6, 6.07) is 11.6. The van der Waals surface area contributed by atoms with Gasteiger partial charge in [0.1, 0.15) is 11.3 Å². The maximum atomic E-state index is 10.8. The molecular weight excluding hydrogens is 440 g/mol. The highest BCUT2D eigenvalue weighted by Crippen LogP contribution is 2.37. The van der Waals surface area contributed by atoms with Gasteiger partial charge >= 0.3 is 0 Å². The van der Waals surface area contributed by atoms with Crippen LogP contribution in [0, 0.1) is 0 Å². The Labute approximate surface area is 202 Å². The van der Waals surface area contributed by atoms with Gasteiger partial charge in [0.2, 0.25) is 5.65 Å². The number of pyridine rings is 1. The highest BCUT2D eigenvalue weighted by atomic mass is 16.3. The van der Waals surface area contributed by atoms with Gasteiger partial charge in [0.15, 0.2) is 0 Å². The third-order valence-corrected chi connectivity index (χ3v) is 6.76. The molecule has 0 bridgehead atoms. The SMILES string of the molecule is CC1(C)CC(n2nnc3cc(-c4ccc(-c5ccn6cncc6c5)cc4O)nnc32)CC(C)(C)N1. The molecule has 9 heteroatoms. The summed E-state index contributed by atoms with van der Waals surface area (Å²) in [4.78, 5) is 4.16. The summed E-state index contributed by atoms with van der Waals surface area (Å²) in [6.45, 7) is 8.85. The van der Waals surface area contributed by atoms with Crippen molar-refractivity contribution >= 4 is 16.7 Å². The summed E-state index contributed by atoms with van der Waals surface area (Å²) in [5.74, 6) is 0.138. The summed E-state index contributed by atoms with van der Waals surface area (Å²) >= 11 is 0. The molecule has 2 N–H and O–H groups in total. The number of nitrogens with zero attached hydrogens (tertiary/aromatic N) is 7. The van der Waals surface area contributed by atoms with E-state index in [4.69, 9.17) is 0 Å². The van der Waals surface area contributed by atoms with E-state index in [1.807, 2.05) is 51.8 Å². The largest absolute Gasteiger partial charge is 0.507 e. The van der Waals surface area contributed by atoms with E-state index in [0.717, 1.165) is 29.5 Å². The van der Waals surface area contributed by atoms with Crippen LogP contribution in [0.1, 0.15) is 46.6 Å². The third kappa shape index (κ3) is 3.91. The second-order valence-corrected chi connectivity index (χ2v) is 10.8. The van der Waals surface area contributed by atoms with Gasteiger partial charge in [0, 0.05) is 22.8 Å². The number of hydrogen-bond acceptors (Lipinski definition) is 7. The Kier molecular flexibility index (Phi) is 4.69. The summed E-state index contributed by atoms with van der Waals surface area (Å²) < 4.78 is 3.85. The summed E-state index contributed by atoms with van der Waals surface area (Å²) in [5, 5.41) is 32.3. The minimum atomic E-state index is -0.0197. The predicted octanol–water partition coefficient (Wildman–Crippen LogP) is 4.39. The lowest BCUT2D eigenvalue weighted by atomic mass is 9.80. The van der Waals surface area contributed by atoms with Gasteiger partial charge in [-0.05, 0) is 82.0 Å². The van der Waals surface area contributed by atoms with Crippen molar-refractivity contribution < 1.29 is 5.11 Å². The molecule has 0 amide bonds. The minimum absolute atomic E-state index is 0.0197. The molecule has 1 aromatic carbocycles. The molecule has 1 aliphatic heterocycles. The number of phenols is 1. The van der Waals surface area contributed by atoms with Crippen LogP contribution in [-0.2, 0) is 0 Å². The summed E-state index contributed by atoms with van der Waals surface area (Å²) in [7, 11) is 0. The van der Waals surface area contributed by atoms with Crippen LogP contribution >= 0.6 is 0 Å². The first-order valence-electron chi connectivity index (χ1n) is 11.8. The quantitative estimate of drug-likeness (QED) is 0.404. The number of fused-ring (bicyclic) bond motifs is 2. The van der Waals surface area contributed by atoms with E-state index in [1.165, 1.54) is 0 Å². The van der Waals surface area contributed by atoms with E-state index < -0.39 is 0 Å². The monoisotopic (exact) mass is 468 g/mol. The lowest BCUT2D eigenvalue weighted by Crippen LogP contribution is -2.58. The maximum Gasteiger partial charge on any atom is 0.201 e. The zero-order valence-corrected chi connectivity index (χ0v) is 20.3. The number of aromatic nitrogens is 7. The first kappa shape index (κ1) is 21.7. The Morgan fingerprint density at radius 1 is 0.943 bits per heavy atom. The van der Waals surface area contributed by atoms with Gasteiger partial charge in [-0.1, -0.05) is 11.3 Å². The van der Waals surface area contributed by atoms with Gasteiger partial charge in [0.25, 0.3) is 0 Å². The van der Waals surface area contributed by atoms with Crippen molar-refractivity contribution in [1.82, 2.24) is 39.9 Å². The number of hydrogen-bond donors (Lipinski definition) is 2. The van der Waals surface area contributed by atoms with E-state index in [0.29, 0.717) is 22.4 Å². The second-order valence-electron chi connectivity index (χ2n) is 10.8. The molecule has 0 aliphatic carbocycles. The Morgan fingerprint density at radius 2 is 1.71 bits per heavy atom. The van der Waals surface area contributed by atoms with E-state index in [9.17, 15) is 5.11 Å². The highest BCUT2D eigenvalue weighted by Gasteiger charge is 2.39. The number of rotatable bonds is 3. The molecule has 1 aliphatic rings. The van der Waals surface area contributed by atoms with Crippen LogP contribution in [0.3, 0.4) is 0 Å². The minimum Gasteiger partial charge on any atom is -0.507 e. The van der Waals surface area contributed by atoms with E-state index >= 15 is 0 Å². The summed E-state index contributed by atoms with van der Waals surface area (Å²) in [6.07, 6.45) is 7.37. The number of imidazole rings is 1. The first-order valence-corrected chi connectivity index (χ1v) is 11.8. The molecule has 0 unspecified atom stereocenters. The van der Waals surface area contributed by atoms with Crippen LogP contribution in [0.2, 0.25) is 0 Å². The Balaban J connectivity index is 1.32. The van der Waals surface area contributed by atoms with Gasteiger partial charge in [-0.3, -0.25) is 0 Å². The smallest absolute Gasteiger partial charge is 0.201 e. The lowest BCUT2D eigenvalue weighted by Gasteiger charge is -2.46. The molecule has 1 saturated heterocycles. The van der Waals surface area contributed by atoms with Gasteiger partial charge < -0.3 is 14.8 Å². The van der Waals surface area contributed by atoms with Crippen molar-refractivity contribution in [2.24, 2.45) is 0 Å². The number of benzene rings is 1. The Hall–Kier alpha value is -3.85. The van der Waals surface area contributed by atoms with Gasteiger partial charge in [-0.2, -0.15) is 0 Å². The van der Waals surface area contributed by atoms with Crippen LogP contribution in [0.4, 0.5) is 0 Å². The van der Waals surface area contributed by atoms with Gasteiger partial charge in [0.05, 0.1) is 29.8 Å². The molecule has 35 heavy (non-hydrogen) atoms. The molecule has 5 heterocycles. The fourth-order valence-corrected chi connectivity index (χ4v) is 5.60. The van der Waals surface area contributed by atoms with Gasteiger partial charge in [-0.15, -0.1) is 15.3 Å². The van der Waals surface area contributed by atoms with Crippen molar-refractivity contribution in [2.45, 2.75) is 57.7 Å². The molecule has 0 saturated carbocycles. The molecule has 0 radical (unpaired) electrons. The summed E-state index contributed by atoms with van der Waals surface area (Å²) in [5.41, 5.74) is 5.35. The van der Waals surface area contributed by atoms with Crippen molar-refractivity contribution in [2.75, 3.05) is 0 Å². The van der Waals surface area contributed by atoms with Crippen molar-refractivity contribution in [3.05, 3.63) is 55.1 Å². The van der Waals surface area contributed by atoms with Crippen LogP contribution in [0.5, 0.6) is 5.75 Å². The zero-order valence-electron chi connectivity index (χ0n) is 20.3. The normalized spacial score (nSPS) is 17.8. The van der Waals surface area contributed by atoms with E-state index in [1.54, 1.807) is 12.4 Å². The van der Waals surface area contributed by atoms with Gasteiger partial charge in [-0.25, -0.2) is 9.67 Å². The Morgan fingerprint density at radius 3 is 2.49 bits per heavy atom. The van der Waals surface area contributed by atoms with E-state index in [-0.39, 0.29) is 22.9 Å². The van der Waals surface area contributed by atoms with Crippen LogP contribution in [0.15, 0.2) is 55.1 Å². The molecule has 4 aromatic heterocycles. The fraction of sp³-hybridized carbons (Fsp3) is 0.346. The highest BCUT2D eigenvalue weighted by molar-refractivity contribution is 5.80. The van der Waals surface area contributed by atoms with Crippen LogP contribution in [0.25, 0.3) is 39.1 Å². The van der Waals surface area contributed by atoms with Crippen molar-refractivity contribution in [3.8, 4) is 28.1 Å². The maximum absolute atomic E-state index is 10.8. The van der Waals surface area contributed by atoms with Crippen molar-refractivity contribution in [3.63, 3.8) is 0 Å². The average molecular weight is 469 g/mol. The second kappa shape index (κ2) is 7.58. The molecule has 9 nitrogen and oxygen atoms in total. The fourth-order valence-electron chi connectivity index (χ4n) is 5.60. The van der Waals surface area contributed by atoms with Crippen molar-refractivity contribution in [1.29, 1.82) is 0 Å². The molecule has 5 aromatic rings. The third-order valence-electron chi connectivity index (χ3n) is 6.76. The molecule has 1 fully saturated rings. The lowest BCUT2D eigenvalue weighted by molar-refractivity contribution is 0.127. The standard InChI is InChI=1S/C26H28N8O/c1-25(2)12-19(13-26(3,4)31-25)34-24-22(29-32-34)11-21(28-30-24)20-6-5-16(10-23(20)35)17-7-8-33-15-27-14-18(33)9-17/h5-11,14-15,19,31,35H,12-13H2,1-4H3. The molecule has 178 valence electrons. The van der Waals surface area contributed by atoms with Crippen LogP contribution in [-0.4, -0.2) is 50.8 Å². The average Bonchev–Trinajstić information content (AvgIpc) is 3.43.